The molecule has 3 aromatic carbocycles. The molecule has 2 fully saturated rings. The first-order valence-corrected chi connectivity index (χ1v) is 17.6. The number of carbonyl (C=O) groups excluding carboxylic acids is 1. The standard InChI is InChI=1S/C44H50O/c1-4-36-20-15-35(30-42(36)38-17-10-31(2)11-18-38)29-34-13-21-39(22-14-34)44(43(45)27-16-33-8-6-5-7-9-33)40-25-23-37(24-26-40)41-19-12-32(3)28-41/h1,5-9,12,15,19-20,23-26,28,30-32,34,38-39,44H,10-11,13-14,16-18,21-22,27,29H2,2-3H3. The first kappa shape index (κ1) is 31.4. The fraction of sp³-hybridized carbons (Fsp3) is 0.432. The Balaban J connectivity index is 1.14. The summed E-state index contributed by atoms with van der Waals surface area (Å²) in [5, 5.41) is 0. The van der Waals surface area contributed by atoms with Gasteiger partial charge in [-0.05, 0) is 120 Å². The summed E-state index contributed by atoms with van der Waals surface area (Å²) >= 11 is 0. The van der Waals surface area contributed by atoms with Gasteiger partial charge in [0.1, 0.15) is 5.78 Å². The van der Waals surface area contributed by atoms with Crippen LogP contribution in [-0.2, 0) is 17.6 Å². The Hall–Kier alpha value is -3.63. The zero-order valence-corrected chi connectivity index (χ0v) is 27.4. The topological polar surface area (TPSA) is 17.1 Å². The van der Waals surface area contributed by atoms with Crippen LogP contribution in [0.25, 0.3) is 5.57 Å². The number of rotatable bonds is 10. The summed E-state index contributed by atoms with van der Waals surface area (Å²) in [4.78, 5) is 14.0. The molecule has 3 aromatic rings. The van der Waals surface area contributed by atoms with Crippen LogP contribution in [0.4, 0.5) is 0 Å². The molecule has 0 N–H and O–H groups in total. The molecule has 232 valence electrons. The molecule has 0 radical (unpaired) electrons. The molecular weight excluding hydrogens is 544 g/mol. The smallest absolute Gasteiger partial charge is 0.140 e. The summed E-state index contributed by atoms with van der Waals surface area (Å²) in [5.74, 6) is 6.38. The minimum atomic E-state index is -0.0223. The van der Waals surface area contributed by atoms with Crippen LogP contribution in [0.3, 0.4) is 0 Å². The lowest BCUT2D eigenvalue weighted by Crippen LogP contribution is -2.27. The van der Waals surface area contributed by atoms with Gasteiger partial charge in [0.2, 0.25) is 0 Å². The SMILES string of the molecule is C#Cc1ccc(CC2CCC(C(C(=O)CCc3ccccc3)c3ccc(C4=CC(C)C=C4)cc3)CC2)cc1C1CCC(C)CC1. The van der Waals surface area contributed by atoms with Crippen LogP contribution in [0.1, 0.15) is 117 Å². The molecule has 0 amide bonds. The summed E-state index contributed by atoms with van der Waals surface area (Å²) in [5.41, 5.74) is 8.94. The molecule has 2 saturated carbocycles. The summed E-state index contributed by atoms with van der Waals surface area (Å²) < 4.78 is 0. The minimum absolute atomic E-state index is 0.0223. The molecule has 2 atom stereocenters. The number of allylic oxidation sites excluding steroid dienone is 4. The predicted molar refractivity (Wildman–Crippen MR) is 189 cm³/mol. The van der Waals surface area contributed by atoms with Crippen molar-refractivity contribution in [3.05, 3.63) is 124 Å². The summed E-state index contributed by atoms with van der Waals surface area (Å²) in [7, 11) is 0. The van der Waals surface area contributed by atoms with E-state index in [1.54, 1.807) is 0 Å². The van der Waals surface area contributed by atoms with Gasteiger partial charge in [0.05, 0.1) is 0 Å². The Kier molecular flexibility index (Phi) is 10.2. The molecule has 3 aliphatic carbocycles. The number of terminal acetylenes is 1. The van der Waals surface area contributed by atoms with E-state index in [-0.39, 0.29) is 5.92 Å². The first-order chi connectivity index (χ1) is 22.0. The molecular formula is C44H50O. The lowest BCUT2D eigenvalue weighted by Gasteiger charge is -2.34. The highest BCUT2D eigenvalue weighted by molar-refractivity contribution is 5.86. The van der Waals surface area contributed by atoms with Crippen molar-refractivity contribution >= 4 is 11.4 Å². The molecule has 1 nitrogen and oxygen atoms in total. The van der Waals surface area contributed by atoms with Gasteiger partial charge in [0, 0.05) is 17.9 Å². The molecule has 0 heterocycles. The largest absolute Gasteiger partial charge is 0.299 e. The number of benzene rings is 3. The van der Waals surface area contributed by atoms with Gasteiger partial charge in [-0.25, -0.2) is 0 Å². The Morgan fingerprint density at radius 1 is 0.844 bits per heavy atom. The van der Waals surface area contributed by atoms with Crippen molar-refractivity contribution in [1.29, 1.82) is 0 Å². The average Bonchev–Trinajstić information content (AvgIpc) is 3.52. The number of hydrogen-bond acceptors (Lipinski definition) is 1. The van der Waals surface area contributed by atoms with Crippen molar-refractivity contribution in [2.75, 3.05) is 0 Å². The number of ketones is 1. The van der Waals surface area contributed by atoms with Crippen LogP contribution in [0.15, 0.2) is 91.0 Å². The molecule has 3 aliphatic rings. The van der Waals surface area contributed by atoms with E-state index in [1.807, 2.05) is 6.07 Å². The van der Waals surface area contributed by atoms with Gasteiger partial charge in [0.25, 0.3) is 0 Å². The normalized spacial score (nSPS) is 25.4. The minimum Gasteiger partial charge on any atom is -0.299 e. The average molecular weight is 595 g/mol. The maximum absolute atomic E-state index is 14.0. The summed E-state index contributed by atoms with van der Waals surface area (Å²) in [6.45, 7) is 4.60. The van der Waals surface area contributed by atoms with E-state index in [4.69, 9.17) is 6.42 Å². The van der Waals surface area contributed by atoms with Crippen LogP contribution in [0, 0.1) is 36.0 Å². The molecule has 0 saturated heterocycles. The maximum atomic E-state index is 14.0. The molecule has 0 spiro atoms. The van der Waals surface area contributed by atoms with E-state index in [1.165, 1.54) is 71.9 Å². The Bertz CT molecular complexity index is 1530. The molecule has 45 heavy (non-hydrogen) atoms. The van der Waals surface area contributed by atoms with Crippen molar-refractivity contribution in [2.45, 2.75) is 96.3 Å². The van der Waals surface area contributed by atoms with Crippen LogP contribution in [-0.4, -0.2) is 5.78 Å². The highest BCUT2D eigenvalue weighted by atomic mass is 16.1. The third kappa shape index (κ3) is 7.79. The van der Waals surface area contributed by atoms with Crippen LogP contribution < -0.4 is 0 Å². The van der Waals surface area contributed by atoms with Crippen LogP contribution >= 0.6 is 0 Å². The van der Waals surface area contributed by atoms with Crippen molar-refractivity contribution in [3.63, 3.8) is 0 Å². The van der Waals surface area contributed by atoms with Crippen molar-refractivity contribution in [1.82, 2.24) is 0 Å². The van der Waals surface area contributed by atoms with Gasteiger partial charge >= 0.3 is 0 Å². The molecule has 6 rings (SSSR count). The highest BCUT2D eigenvalue weighted by Crippen LogP contribution is 2.42. The molecule has 0 bridgehead atoms. The highest BCUT2D eigenvalue weighted by Gasteiger charge is 2.33. The van der Waals surface area contributed by atoms with Crippen LogP contribution in [0.5, 0.6) is 0 Å². The fourth-order valence-corrected chi connectivity index (χ4v) is 8.35. The third-order valence-corrected chi connectivity index (χ3v) is 11.1. The molecule has 1 heteroatoms. The Morgan fingerprint density at radius 2 is 1.58 bits per heavy atom. The zero-order valence-electron chi connectivity index (χ0n) is 27.4. The van der Waals surface area contributed by atoms with E-state index in [9.17, 15) is 4.79 Å². The molecule has 0 aliphatic heterocycles. The van der Waals surface area contributed by atoms with Crippen molar-refractivity contribution in [2.24, 2.45) is 23.7 Å². The van der Waals surface area contributed by atoms with E-state index < -0.39 is 0 Å². The van der Waals surface area contributed by atoms with E-state index in [0.29, 0.717) is 35.9 Å². The Labute approximate surface area is 272 Å². The van der Waals surface area contributed by atoms with Gasteiger partial charge in [-0.15, -0.1) is 6.42 Å². The van der Waals surface area contributed by atoms with E-state index in [0.717, 1.165) is 37.2 Å². The number of aryl methyl sites for hydroxylation is 1. The van der Waals surface area contributed by atoms with Gasteiger partial charge in [0.15, 0.2) is 0 Å². The van der Waals surface area contributed by atoms with Crippen molar-refractivity contribution < 1.29 is 4.79 Å². The second kappa shape index (κ2) is 14.6. The molecule has 0 aromatic heterocycles. The molecule has 2 unspecified atom stereocenters. The van der Waals surface area contributed by atoms with Gasteiger partial charge in [-0.1, -0.05) is 118 Å². The Morgan fingerprint density at radius 3 is 2.24 bits per heavy atom. The summed E-state index contributed by atoms with van der Waals surface area (Å²) in [6.07, 6.45) is 25.0. The zero-order chi connectivity index (χ0) is 31.2. The number of Topliss-reactive ketones (excluding diaryl/α,β-unsaturated/α-hetero) is 1. The monoisotopic (exact) mass is 594 g/mol. The number of hydrogen-bond donors (Lipinski definition) is 0. The quantitative estimate of drug-likeness (QED) is 0.213. The van der Waals surface area contributed by atoms with Gasteiger partial charge < -0.3 is 0 Å². The summed E-state index contributed by atoms with van der Waals surface area (Å²) in [6, 6.07) is 26.4. The van der Waals surface area contributed by atoms with E-state index in [2.05, 4.69) is 105 Å². The van der Waals surface area contributed by atoms with E-state index >= 15 is 0 Å². The fourth-order valence-electron chi connectivity index (χ4n) is 8.35. The lowest BCUT2D eigenvalue weighted by atomic mass is 9.70. The third-order valence-electron chi connectivity index (χ3n) is 11.1. The van der Waals surface area contributed by atoms with Gasteiger partial charge in [-0.2, -0.15) is 0 Å². The second-order valence-electron chi connectivity index (χ2n) is 14.4. The van der Waals surface area contributed by atoms with Gasteiger partial charge in [-0.3, -0.25) is 4.79 Å². The van der Waals surface area contributed by atoms with Crippen molar-refractivity contribution in [3.8, 4) is 12.3 Å². The predicted octanol–water partition coefficient (Wildman–Crippen LogP) is 10.9. The van der Waals surface area contributed by atoms with Crippen LogP contribution in [0.2, 0.25) is 0 Å². The maximum Gasteiger partial charge on any atom is 0.140 e. The number of carbonyl (C=O) groups is 1. The lowest BCUT2D eigenvalue weighted by molar-refractivity contribution is -0.122. The first-order valence-electron chi connectivity index (χ1n) is 17.6. The second-order valence-corrected chi connectivity index (χ2v) is 14.4.